The van der Waals surface area contributed by atoms with E-state index in [1.54, 1.807) is 0 Å². The molecule has 1 aromatic carbocycles. The third-order valence-electron chi connectivity index (χ3n) is 3.45. The maximum Gasteiger partial charge on any atom is 0.161 e. The summed E-state index contributed by atoms with van der Waals surface area (Å²) >= 11 is 0. The minimum Gasteiger partial charge on any atom is -0.487 e. The van der Waals surface area contributed by atoms with Gasteiger partial charge in [-0.2, -0.15) is 0 Å². The van der Waals surface area contributed by atoms with Crippen molar-refractivity contribution in [2.45, 2.75) is 31.8 Å². The second-order valence-corrected chi connectivity index (χ2v) is 4.71. The number of hydrogen-bond donors (Lipinski definition) is 1. The van der Waals surface area contributed by atoms with Crippen LogP contribution in [0, 0.1) is 0 Å². The first-order valence-corrected chi connectivity index (χ1v) is 5.84. The van der Waals surface area contributed by atoms with Gasteiger partial charge < -0.3 is 14.6 Å². The Morgan fingerprint density at radius 2 is 1.88 bits per heavy atom. The van der Waals surface area contributed by atoms with Gasteiger partial charge >= 0.3 is 0 Å². The molecule has 0 aromatic heterocycles. The fourth-order valence-electron chi connectivity index (χ4n) is 2.47. The number of aliphatic hydroxyl groups is 1. The molecule has 86 valence electrons. The van der Waals surface area contributed by atoms with Gasteiger partial charge in [-0.1, -0.05) is 6.92 Å². The van der Waals surface area contributed by atoms with Crippen molar-refractivity contribution in [1.29, 1.82) is 0 Å². The van der Waals surface area contributed by atoms with Gasteiger partial charge in [0.15, 0.2) is 11.5 Å². The van der Waals surface area contributed by atoms with Crippen molar-refractivity contribution in [2.75, 3.05) is 13.2 Å². The Labute approximate surface area is 95.0 Å². The summed E-state index contributed by atoms with van der Waals surface area (Å²) in [5, 5.41) is 9.47. The van der Waals surface area contributed by atoms with E-state index in [-0.39, 0.29) is 0 Å². The molecule has 0 saturated heterocycles. The van der Waals surface area contributed by atoms with Crippen molar-refractivity contribution in [3.63, 3.8) is 0 Å². The van der Waals surface area contributed by atoms with Gasteiger partial charge in [-0.15, -0.1) is 0 Å². The van der Waals surface area contributed by atoms with E-state index in [1.807, 2.05) is 0 Å². The number of fused-ring (bicyclic) bond motifs is 2. The maximum atomic E-state index is 9.47. The molecule has 3 nitrogen and oxygen atoms in total. The van der Waals surface area contributed by atoms with Crippen LogP contribution < -0.4 is 9.47 Å². The molecule has 0 spiro atoms. The van der Waals surface area contributed by atoms with Gasteiger partial charge in [0.2, 0.25) is 0 Å². The number of ether oxygens (including phenoxy) is 2. The van der Waals surface area contributed by atoms with E-state index in [2.05, 4.69) is 19.1 Å². The summed E-state index contributed by atoms with van der Waals surface area (Å²) in [6.45, 7) is 2.88. The smallest absolute Gasteiger partial charge is 0.161 e. The van der Waals surface area contributed by atoms with Crippen LogP contribution in [-0.4, -0.2) is 24.4 Å². The highest BCUT2D eigenvalue weighted by Crippen LogP contribution is 2.40. The molecule has 1 aliphatic carbocycles. The fourth-order valence-corrected chi connectivity index (χ4v) is 2.47. The first-order valence-electron chi connectivity index (χ1n) is 5.84. The van der Waals surface area contributed by atoms with Crippen LogP contribution in [0.25, 0.3) is 0 Å². The molecule has 1 aliphatic heterocycles. The molecule has 0 bridgehead atoms. The minimum atomic E-state index is -0.528. The maximum absolute atomic E-state index is 9.47. The van der Waals surface area contributed by atoms with Crippen molar-refractivity contribution in [1.82, 2.24) is 0 Å². The van der Waals surface area contributed by atoms with Crippen molar-refractivity contribution in [3.05, 3.63) is 23.3 Å². The third kappa shape index (κ3) is 1.55. The lowest BCUT2D eigenvalue weighted by molar-refractivity contribution is 0.0801. The normalized spacial score (nSPS) is 27.4. The molecule has 1 N–H and O–H groups in total. The summed E-state index contributed by atoms with van der Waals surface area (Å²) in [6.07, 6.45) is 1.80. The molecule has 16 heavy (non-hydrogen) atoms. The van der Waals surface area contributed by atoms with Crippen LogP contribution in [0.2, 0.25) is 0 Å². The van der Waals surface area contributed by atoms with Crippen molar-refractivity contribution < 1.29 is 14.6 Å². The van der Waals surface area contributed by atoms with Gasteiger partial charge in [-0.05, 0) is 42.0 Å². The third-order valence-corrected chi connectivity index (χ3v) is 3.45. The van der Waals surface area contributed by atoms with E-state index in [4.69, 9.17) is 9.47 Å². The molecule has 3 heteroatoms. The van der Waals surface area contributed by atoms with Crippen LogP contribution in [0.15, 0.2) is 12.1 Å². The Morgan fingerprint density at radius 1 is 1.19 bits per heavy atom. The average molecular weight is 220 g/mol. The zero-order chi connectivity index (χ0) is 11.1. The molecule has 1 heterocycles. The van der Waals surface area contributed by atoms with E-state index in [1.165, 1.54) is 17.5 Å². The quantitative estimate of drug-likeness (QED) is 0.725. The summed E-state index contributed by atoms with van der Waals surface area (Å²) in [6, 6.07) is 4.16. The largest absolute Gasteiger partial charge is 0.487 e. The highest BCUT2D eigenvalue weighted by Gasteiger charge is 2.24. The predicted octanol–water partition coefficient (Wildman–Crippen LogP) is 1.87. The Bertz CT molecular complexity index is 414. The van der Waals surface area contributed by atoms with Gasteiger partial charge in [-0.3, -0.25) is 0 Å². The highest BCUT2D eigenvalue weighted by atomic mass is 16.5. The molecular weight excluding hydrogens is 204 g/mol. The topological polar surface area (TPSA) is 38.7 Å². The van der Waals surface area contributed by atoms with Gasteiger partial charge in [-0.25, -0.2) is 0 Å². The summed E-state index contributed by atoms with van der Waals surface area (Å²) in [4.78, 5) is 0. The van der Waals surface area contributed by atoms with Crippen LogP contribution in [0.4, 0.5) is 0 Å². The second-order valence-electron chi connectivity index (χ2n) is 4.71. The number of hydrogen-bond acceptors (Lipinski definition) is 3. The monoisotopic (exact) mass is 220 g/mol. The standard InChI is InChI=1S/C13H16O3/c1-8-2-3-9-4-12-13(5-11(8)9)16-7-10(14)6-15-12/h4-5,8,10,14H,2-3,6-7H2,1H3. The average Bonchev–Trinajstić information content (AvgIpc) is 2.53. The Morgan fingerprint density at radius 3 is 2.62 bits per heavy atom. The number of rotatable bonds is 0. The molecule has 2 atom stereocenters. The van der Waals surface area contributed by atoms with E-state index >= 15 is 0 Å². The van der Waals surface area contributed by atoms with Crippen LogP contribution in [0.3, 0.4) is 0 Å². The molecule has 1 aromatic rings. The van der Waals surface area contributed by atoms with E-state index in [9.17, 15) is 5.11 Å². The van der Waals surface area contributed by atoms with Gasteiger partial charge in [0.1, 0.15) is 19.3 Å². The molecule has 2 aliphatic rings. The van der Waals surface area contributed by atoms with Crippen LogP contribution in [0.5, 0.6) is 11.5 Å². The number of benzene rings is 1. The molecule has 0 saturated carbocycles. The van der Waals surface area contributed by atoms with Crippen LogP contribution in [0.1, 0.15) is 30.4 Å². The number of aliphatic hydroxyl groups excluding tert-OH is 1. The summed E-state index contributed by atoms with van der Waals surface area (Å²) < 4.78 is 11.1. The Balaban J connectivity index is 2.01. The zero-order valence-corrected chi connectivity index (χ0v) is 9.40. The van der Waals surface area contributed by atoms with E-state index < -0.39 is 6.10 Å². The lowest BCUT2D eigenvalue weighted by Gasteiger charge is -2.11. The predicted molar refractivity (Wildman–Crippen MR) is 60.2 cm³/mol. The number of aryl methyl sites for hydroxylation is 1. The molecule has 0 radical (unpaired) electrons. The Kier molecular flexibility index (Phi) is 2.28. The second kappa shape index (κ2) is 3.67. The SMILES string of the molecule is CC1CCc2cc3c(cc21)OCC(O)CO3. The summed E-state index contributed by atoms with van der Waals surface area (Å²) in [5.41, 5.74) is 2.74. The molecule has 2 unspecified atom stereocenters. The first-order chi connectivity index (χ1) is 7.74. The van der Waals surface area contributed by atoms with Gasteiger partial charge in [0.05, 0.1) is 0 Å². The van der Waals surface area contributed by atoms with Crippen LogP contribution >= 0.6 is 0 Å². The molecule has 0 amide bonds. The van der Waals surface area contributed by atoms with Crippen molar-refractivity contribution >= 4 is 0 Å². The lowest BCUT2D eigenvalue weighted by Crippen LogP contribution is -2.21. The lowest BCUT2D eigenvalue weighted by atomic mass is 10.0. The van der Waals surface area contributed by atoms with E-state index in [0.717, 1.165) is 17.9 Å². The molecular formula is C13H16O3. The summed E-state index contributed by atoms with van der Waals surface area (Å²) in [5.74, 6) is 2.17. The molecule has 3 rings (SSSR count). The van der Waals surface area contributed by atoms with Crippen LogP contribution in [-0.2, 0) is 6.42 Å². The van der Waals surface area contributed by atoms with Crippen molar-refractivity contribution in [3.8, 4) is 11.5 Å². The Hall–Kier alpha value is -1.22. The van der Waals surface area contributed by atoms with Gasteiger partial charge in [0.25, 0.3) is 0 Å². The highest BCUT2D eigenvalue weighted by molar-refractivity contribution is 5.50. The van der Waals surface area contributed by atoms with Gasteiger partial charge in [0, 0.05) is 0 Å². The fraction of sp³-hybridized carbons (Fsp3) is 0.538. The molecule has 0 fully saturated rings. The minimum absolute atomic E-state index is 0.320. The van der Waals surface area contributed by atoms with E-state index in [0.29, 0.717) is 19.1 Å². The zero-order valence-electron chi connectivity index (χ0n) is 9.40. The van der Waals surface area contributed by atoms with Crippen molar-refractivity contribution in [2.24, 2.45) is 0 Å². The first kappa shape index (κ1) is 9.97. The summed E-state index contributed by atoms with van der Waals surface area (Å²) in [7, 11) is 0.